The Morgan fingerprint density at radius 3 is 1.74 bits per heavy atom. The fraction of sp³-hybridized carbons (Fsp3) is 0.368. The Kier molecular flexibility index (Phi) is 6.04. The Labute approximate surface area is 145 Å². The van der Waals surface area contributed by atoms with Crippen molar-refractivity contribution >= 4 is 30.3 Å². The van der Waals surface area contributed by atoms with Gasteiger partial charge in [0.1, 0.15) is 0 Å². The summed E-state index contributed by atoms with van der Waals surface area (Å²) in [6.45, 7) is 6.89. The Bertz CT molecular complexity index is 556. The van der Waals surface area contributed by atoms with Gasteiger partial charge in [0.15, 0.2) is 0 Å². The van der Waals surface area contributed by atoms with Crippen LogP contribution >= 0.6 is 11.6 Å². The molecule has 0 saturated heterocycles. The number of hydrogen-bond acceptors (Lipinski definition) is 2. The zero-order chi connectivity index (χ0) is 16.9. The zero-order valence-electron chi connectivity index (χ0n) is 14.0. The molecule has 1 N–H and O–H groups in total. The smallest absolute Gasteiger partial charge is 0.261 e. The van der Waals surface area contributed by atoms with Crippen molar-refractivity contribution < 1.29 is 9.53 Å². The molecule has 2 rings (SSSR count). The molecule has 0 aromatic heterocycles. The van der Waals surface area contributed by atoms with Crippen LogP contribution in [0.1, 0.15) is 20.8 Å². The van der Waals surface area contributed by atoms with Crippen molar-refractivity contribution in [3.05, 3.63) is 60.7 Å². The van der Waals surface area contributed by atoms with E-state index in [0.29, 0.717) is 0 Å². The van der Waals surface area contributed by atoms with Crippen LogP contribution < -0.4 is 10.4 Å². The van der Waals surface area contributed by atoms with Crippen molar-refractivity contribution in [3.8, 4) is 0 Å². The van der Waals surface area contributed by atoms with Crippen LogP contribution in [-0.2, 0) is 4.43 Å². The van der Waals surface area contributed by atoms with E-state index in [1.807, 2.05) is 36.4 Å². The summed E-state index contributed by atoms with van der Waals surface area (Å²) in [7, 11) is -2.55. The van der Waals surface area contributed by atoms with Gasteiger partial charge in [-0.2, -0.15) is 0 Å². The van der Waals surface area contributed by atoms with Crippen molar-refractivity contribution in [1.29, 1.82) is 0 Å². The standard InChI is InChI=1S/C19H25ClO2Si/c1-19(2,3)23(22-15-16(21)14-20,17-10-6-4-7-11-17)18-12-8-5-9-13-18/h4-13,16,21H,14-15H2,1-3H3. The molecule has 0 heterocycles. The third kappa shape index (κ3) is 3.86. The average Bonchev–Trinajstić information content (AvgIpc) is 2.56. The molecule has 2 nitrogen and oxygen atoms in total. The molecule has 0 aliphatic rings. The monoisotopic (exact) mass is 348 g/mol. The third-order valence-electron chi connectivity index (χ3n) is 4.09. The van der Waals surface area contributed by atoms with Crippen molar-refractivity contribution in [1.82, 2.24) is 0 Å². The third-order valence-corrected chi connectivity index (χ3v) is 9.45. The molecule has 0 saturated carbocycles. The lowest BCUT2D eigenvalue weighted by atomic mass is 10.2. The van der Waals surface area contributed by atoms with Crippen LogP contribution in [0.4, 0.5) is 0 Å². The summed E-state index contributed by atoms with van der Waals surface area (Å²) in [6, 6.07) is 20.8. The molecule has 0 aliphatic heterocycles. The molecule has 0 bridgehead atoms. The molecule has 2 aromatic carbocycles. The Morgan fingerprint density at radius 1 is 0.957 bits per heavy atom. The van der Waals surface area contributed by atoms with Gasteiger partial charge >= 0.3 is 0 Å². The first-order valence-corrected chi connectivity index (χ1v) is 10.3. The van der Waals surface area contributed by atoms with Crippen molar-refractivity contribution in [2.75, 3.05) is 12.5 Å². The van der Waals surface area contributed by atoms with E-state index in [9.17, 15) is 5.11 Å². The highest BCUT2D eigenvalue weighted by molar-refractivity contribution is 6.99. The van der Waals surface area contributed by atoms with Gasteiger partial charge in [0.05, 0.1) is 18.6 Å². The first kappa shape index (κ1) is 18.2. The molecule has 4 heteroatoms. The van der Waals surface area contributed by atoms with E-state index >= 15 is 0 Å². The van der Waals surface area contributed by atoms with Crippen molar-refractivity contribution in [3.63, 3.8) is 0 Å². The Hall–Kier alpha value is -1.13. The second-order valence-corrected chi connectivity index (χ2v) is 11.4. The first-order valence-electron chi connectivity index (χ1n) is 7.91. The molecule has 1 unspecified atom stereocenters. The van der Waals surface area contributed by atoms with Gasteiger partial charge in [0.2, 0.25) is 0 Å². The van der Waals surface area contributed by atoms with Crippen LogP contribution in [-0.4, -0.2) is 32.0 Å². The van der Waals surface area contributed by atoms with E-state index in [-0.39, 0.29) is 17.5 Å². The minimum absolute atomic E-state index is 0.0816. The van der Waals surface area contributed by atoms with Crippen LogP contribution in [0.15, 0.2) is 60.7 Å². The quantitative estimate of drug-likeness (QED) is 0.642. The van der Waals surface area contributed by atoms with Crippen LogP contribution in [0.3, 0.4) is 0 Å². The predicted molar refractivity (Wildman–Crippen MR) is 100 cm³/mol. The number of rotatable bonds is 6. The topological polar surface area (TPSA) is 29.5 Å². The summed E-state index contributed by atoms with van der Waals surface area (Å²) < 4.78 is 6.52. The van der Waals surface area contributed by atoms with Crippen LogP contribution in [0.5, 0.6) is 0 Å². The molecular formula is C19H25ClO2Si. The van der Waals surface area contributed by atoms with Gasteiger partial charge in [0.25, 0.3) is 8.32 Å². The zero-order valence-corrected chi connectivity index (χ0v) is 15.8. The minimum atomic E-state index is -2.55. The van der Waals surface area contributed by atoms with E-state index in [2.05, 4.69) is 45.0 Å². The lowest BCUT2D eigenvalue weighted by Gasteiger charge is -2.43. The van der Waals surface area contributed by atoms with Gasteiger partial charge in [0, 0.05) is 0 Å². The summed E-state index contributed by atoms with van der Waals surface area (Å²) in [6.07, 6.45) is -0.654. The van der Waals surface area contributed by atoms with Crippen molar-refractivity contribution in [2.24, 2.45) is 0 Å². The molecule has 0 spiro atoms. The SMILES string of the molecule is CC(C)(C)[Si](OCC(O)CCl)(c1ccccc1)c1ccccc1. The fourth-order valence-corrected chi connectivity index (χ4v) is 7.71. The highest BCUT2D eigenvalue weighted by atomic mass is 35.5. The maximum Gasteiger partial charge on any atom is 0.261 e. The molecular weight excluding hydrogens is 324 g/mol. The lowest BCUT2D eigenvalue weighted by molar-refractivity contribution is 0.120. The van der Waals surface area contributed by atoms with Crippen LogP contribution in [0.25, 0.3) is 0 Å². The number of aliphatic hydroxyl groups excluding tert-OH is 1. The van der Waals surface area contributed by atoms with Gasteiger partial charge in [-0.25, -0.2) is 0 Å². The summed E-state index contributed by atoms with van der Waals surface area (Å²) in [5, 5.41) is 12.3. The maximum atomic E-state index is 9.95. The summed E-state index contributed by atoms with van der Waals surface area (Å²) in [4.78, 5) is 0. The molecule has 23 heavy (non-hydrogen) atoms. The van der Waals surface area contributed by atoms with Gasteiger partial charge < -0.3 is 9.53 Å². The normalized spacial score (nSPS) is 13.8. The van der Waals surface area contributed by atoms with Crippen LogP contribution in [0.2, 0.25) is 5.04 Å². The lowest BCUT2D eigenvalue weighted by Crippen LogP contribution is -2.67. The average molecular weight is 349 g/mol. The molecule has 2 aromatic rings. The maximum absolute atomic E-state index is 9.95. The molecule has 0 fully saturated rings. The highest BCUT2D eigenvalue weighted by Gasteiger charge is 2.50. The fourth-order valence-electron chi connectivity index (χ4n) is 3.03. The van der Waals surface area contributed by atoms with E-state index < -0.39 is 14.4 Å². The number of benzene rings is 2. The Morgan fingerprint density at radius 2 is 1.39 bits per heavy atom. The molecule has 1 atom stereocenters. The number of alkyl halides is 1. The van der Waals surface area contributed by atoms with Gasteiger partial charge in [-0.05, 0) is 15.4 Å². The molecule has 0 radical (unpaired) electrons. The largest absolute Gasteiger partial charge is 0.405 e. The van der Waals surface area contributed by atoms with Crippen LogP contribution in [0, 0.1) is 0 Å². The second-order valence-electron chi connectivity index (χ2n) is 6.78. The van der Waals surface area contributed by atoms with E-state index in [4.69, 9.17) is 16.0 Å². The first-order chi connectivity index (χ1) is 10.9. The van der Waals surface area contributed by atoms with Crippen molar-refractivity contribution in [2.45, 2.75) is 31.9 Å². The molecule has 0 aliphatic carbocycles. The Balaban J connectivity index is 2.60. The molecule has 0 amide bonds. The second kappa shape index (κ2) is 7.62. The summed E-state index contributed by atoms with van der Waals surface area (Å²) in [5.74, 6) is 0.179. The van der Waals surface area contributed by atoms with E-state index in [0.717, 1.165) is 0 Å². The van der Waals surface area contributed by atoms with E-state index in [1.165, 1.54) is 10.4 Å². The number of halogens is 1. The van der Waals surface area contributed by atoms with Gasteiger partial charge in [-0.15, -0.1) is 11.6 Å². The summed E-state index contributed by atoms with van der Waals surface area (Å²) >= 11 is 5.77. The summed E-state index contributed by atoms with van der Waals surface area (Å²) in [5.41, 5.74) is 0. The molecule has 124 valence electrons. The predicted octanol–water partition coefficient (Wildman–Crippen LogP) is 3.16. The van der Waals surface area contributed by atoms with E-state index in [1.54, 1.807) is 0 Å². The number of hydrogen-bond donors (Lipinski definition) is 1. The highest BCUT2D eigenvalue weighted by Crippen LogP contribution is 2.36. The number of aliphatic hydroxyl groups is 1. The van der Waals surface area contributed by atoms with Gasteiger partial charge in [-0.1, -0.05) is 81.4 Å². The minimum Gasteiger partial charge on any atom is -0.405 e. The van der Waals surface area contributed by atoms with Gasteiger partial charge in [-0.3, -0.25) is 0 Å².